The van der Waals surface area contributed by atoms with Gasteiger partial charge in [-0.1, -0.05) is 52.5 Å². The summed E-state index contributed by atoms with van der Waals surface area (Å²) in [4.78, 5) is 12.1. The number of amides is 1. The second-order valence-corrected chi connectivity index (χ2v) is 8.98. The molecule has 2 aromatic rings. The van der Waals surface area contributed by atoms with Crippen molar-refractivity contribution in [2.75, 3.05) is 17.1 Å². The summed E-state index contributed by atoms with van der Waals surface area (Å²) in [6.07, 6.45) is 2.28. The third-order valence-corrected chi connectivity index (χ3v) is 5.32. The second-order valence-electron chi connectivity index (χ2n) is 5.36. The van der Waals surface area contributed by atoms with E-state index >= 15 is 0 Å². The zero-order chi connectivity index (χ0) is 20.2. The molecule has 144 valence electrons. The minimum absolute atomic E-state index is 0.162. The fourth-order valence-corrected chi connectivity index (χ4v) is 3.84. The topological polar surface area (TPSA) is 78.8 Å². The van der Waals surface area contributed by atoms with Crippen molar-refractivity contribution in [3.05, 3.63) is 62.1 Å². The largest absolute Gasteiger partial charge is 0.271 e. The van der Waals surface area contributed by atoms with E-state index in [4.69, 9.17) is 46.4 Å². The van der Waals surface area contributed by atoms with Gasteiger partial charge in [0.1, 0.15) is 6.54 Å². The maximum Gasteiger partial charge on any atom is 0.260 e. The molecule has 0 unspecified atom stereocenters. The molecule has 0 spiro atoms. The SMILES string of the molecule is CS(=O)(=O)N(CC(=O)N/N=C\c1ccc(Cl)cc1Cl)c1cc(Cl)cc(Cl)c1. The molecule has 2 rings (SSSR count). The van der Waals surface area contributed by atoms with Crippen LogP contribution in [-0.4, -0.2) is 33.3 Å². The Morgan fingerprint density at radius 1 is 1.07 bits per heavy atom. The number of halogens is 4. The first kappa shape index (κ1) is 21.8. The molecular formula is C16H13Cl4N3O3S. The Balaban J connectivity index is 2.13. The summed E-state index contributed by atoms with van der Waals surface area (Å²) in [6.45, 7) is -0.513. The fourth-order valence-electron chi connectivity index (χ4n) is 2.03. The van der Waals surface area contributed by atoms with E-state index < -0.39 is 22.5 Å². The number of hydrogen-bond donors (Lipinski definition) is 1. The highest BCUT2D eigenvalue weighted by Gasteiger charge is 2.21. The minimum Gasteiger partial charge on any atom is -0.271 e. The molecule has 0 saturated heterocycles. The fraction of sp³-hybridized carbons (Fsp3) is 0.125. The van der Waals surface area contributed by atoms with E-state index in [2.05, 4.69) is 10.5 Å². The number of rotatable bonds is 6. The van der Waals surface area contributed by atoms with Crippen molar-refractivity contribution in [1.29, 1.82) is 0 Å². The molecule has 11 heteroatoms. The van der Waals surface area contributed by atoms with Gasteiger partial charge in [-0.3, -0.25) is 9.10 Å². The summed E-state index contributed by atoms with van der Waals surface area (Å²) in [5, 5.41) is 5.06. The van der Waals surface area contributed by atoms with Gasteiger partial charge in [0, 0.05) is 20.6 Å². The zero-order valence-corrected chi connectivity index (χ0v) is 17.6. The Labute approximate surface area is 176 Å². The summed E-state index contributed by atoms with van der Waals surface area (Å²) in [5.74, 6) is -0.669. The average molecular weight is 469 g/mol. The number of nitrogens with zero attached hydrogens (tertiary/aromatic N) is 2. The lowest BCUT2D eigenvalue weighted by Gasteiger charge is -2.21. The van der Waals surface area contributed by atoms with Crippen LogP contribution in [0.4, 0.5) is 5.69 Å². The number of carbonyl (C=O) groups excluding carboxylic acids is 1. The van der Waals surface area contributed by atoms with Gasteiger partial charge in [0.2, 0.25) is 10.0 Å². The van der Waals surface area contributed by atoms with Gasteiger partial charge in [-0.15, -0.1) is 0 Å². The molecule has 0 bridgehead atoms. The van der Waals surface area contributed by atoms with Crippen LogP contribution < -0.4 is 9.73 Å². The molecule has 1 amide bonds. The van der Waals surface area contributed by atoms with Crippen molar-refractivity contribution in [2.45, 2.75) is 0 Å². The Morgan fingerprint density at radius 2 is 1.70 bits per heavy atom. The molecule has 0 atom stereocenters. The molecule has 2 aromatic carbocycles. The van der Waals surface area contributed by atoms with Crippen LogP contribution in [0.3, 0.4) is 0 Å². The van der Waals surface area contributed by atoms with Gasteiger partial charge in [-0.05, 0) is 30.3 Å². The Morgan fingerprint density at radius 3 is 2.26 bits per heavy atom. The van der Waals surface area contributed by atoms with E-state index in [9.17, 15) is 13.2 Å². The van der Waals surface area contributed by atoms with Gasteiger partial charge in [0.05, 0.1) is 23.2 Å². The summed E-state index contributed by atoms with van der Waals surface area (Å²) in [6, 6.07) is 8.99. The van der Waals surface area contributed by atoms with Gasteiger partial charge in [-0.2, -0.15) is 5.10 Å². The van der Waals surface area contributed by atoms with Crippen LogP contribution in [0.15, 0.2) is 41.5 Å². The van der Waals surface area contributed by atoms with E-state index in [0.717, 1.165) is 10.6 Å². The van der Waals surface area contributed by atoms with E-state index in [1.54, 1.807) is 12.1 Å². The minimum atomic E-state index is -3.77. The maximum absolute atomic E-state index is 12.1. The van der Waals surface area contributed by atoms with Gasteiger partial charge >= 0.3 is 0 Å². The molecule has 0 saturated carbocycles. The molecule has 0 heterocycles. The average Bonchev–Trinajstić information content (AvgIpc) is 2.52. The predicted octanol–water partition coefficient (Wildman–Crippen LogP) is 4.22. The molecular weight excluding hydrogens is 456 g/mol. The summed E-state index contributed by atoms with van der Waals surface area (Å²) < 4.78 is 25.0. The van der Waals surface area contributed by atoms with Crippen LogP contribution in [0.25, 0.3) is 0 Å². The van der Waals surface area contributed by atoms with Crippen LogP contribution in [0.5, 0.6) is 0 Å². The number of hydrazone groups is 1. The van der Waals surface area contributed by atoms with Crippen molar-refractivity contribution in [3.8, 4) is 0 Å². The van der Waals surface area contributed by atoms with E-state index in [1.165, 1.54) is 30.5 Å². The highest BCUT2D eigenvalue weighted by atomic mass is 35.5. The van der Waals surface area contributed by atoms with Gasteiger partial charge < -0.3 is 0 Å². The first-order chi connectivity index (χ1) is 12.6. The molecule has 0 radical (unpaired) electrons. The predicted molar refractivity (Wildman–Crippen MR) is 111 cm³/mol. The Hall–Kier alpha value is -1.51. The van der Waals surface area contributed by atoms with Gasteiger partial charge in [-0.25, -0.2) is 13.8 Å². The first-order valence-electron chi connectivity index (χ1n) is 7.27. The summed E-state index contributed by atoms with van der Waals surface area (Å²) in [5.41, 5.74) is 2.93. The van der Waals surface area contributed by atoms with Crippen LogP contribution >= 0.6 is 46.4 Å². The molecule has 0 aliphatic rings. The van der Waals surface area contributed by atoms with E-state index in [-0.39, 0.29) is 15.7 Å². The maximum atomic E-state index is 12.1. The highest BCUT2D eigenvalue weighted by Crippen LogP contribution is 2.26. The van der Waals surface area contributed by atoms with Crippen LogP contribution in [0.2, 0.25) is 20.1 Å². The van der Waals surface area contributed by atoms with Crippen LogP contribution in [0, 0.1) is 0 Å². The molecule has 0 aromatic heterocycles. The lowest BCUT2D eigenvalue weighted by atomic mass is 10.2. The Bertz CT molecular complexity index is 976. The van der Waals surface area contributed by atoms with Crippen LogP contribution in [0.1, 0.15) is 5.56 Å². The summed E-state index contributed by atoms with van der Waals surface area (Å²) >= 11 is 23.6. The van der Waals surface area contributed by atoms with Gasteiger partial charge in [0.15, 0.2) is 0 Å². The number of sulfonamides is 1. The first-order valence-corrected chi connectivity index (χ1v) is 10.6. The van der Waals surface area contributed by atoms with E-state index in [1.807, 2.05) is 0 Å². The smallest absolute Gasteiger partial charge is 0.260 e. The standard InChI is InChI=1S/C16H13Cl4N3O3S/c1-27(25,26)23(14-5-12(18)4-13(19)6-14)9-16(24)22-21-8-10-2-3-11(17)7-15(10)20/h2-8H,9H2,1H3,(H,22,24)/b21-8-. The third kappa shape index (κ3) is 6.55. The lowest BCUT2D eigenvalue weighted by molar-refractivity contribution is -0.119. The number of benzene rings is 2. The Kier molecular flexibility index (Phi) is 7.36. The molecule has 27 heavy (non-hydrogen) atoms. The van der Waals surface area contributed by atoms with E-state index in [0.29, 0.717) is 15.6 Å². The lowest BCUT2D eigenvalue weighted by Crippen LogP contribution is -2.39. The second kappa shape index (κ2) is 9.12. The normalized spacial score (nSPS) is 11.6. The number of anilines is 1. The van der Waals surface area contributed by atoms with Crippen molar-refractivity contribution < 1.29 is 13.2 Å². The van der Waals surface area contributed by atoms with Crippen molar-refractivity contribution in [2.24, 2.45) is 5.10 Å². The quantitative estimate of drug-likeness (QED) is 0.509. The molecule has 0 aliphatic carbocycles. The zero-order valence-electron chi connectivity index (χ0n) is 13.8. The number of carbonyl (C=O) groups is 1. The molecule has 1 N–H and O–H groups in total. The van der Waals surface area contributed by atoms with Crippen LogP contribution in [-0.2, 0) is 14.8 Å². The summed E-state index contributed by atoms with van der Waals surface area (Å²) in [7, 11) is -3.77. The number of hydrogen-bond acceptors (Lipinski definition) is 4. The highest BCUT2D eigenvalue weighted by molar-refractivity contribution is 7.92. The monoisotopic (exact) mass is 467 g/mol. The molecule has 0 aliphatic heterocycles. The van der Waals surface area contributed by atoms with Crippen molar-refractivity contribution >= 4 is 74.2 Å². The number of nitrogens with one attached hydrogen (secondary N) is 1. The van der Waals surface area contributed by atoms with Crippen molar-refractivity contribution in [1.82, 2.24) is 5.43 Å². The molecule has 0 fully saturated rings. The molecule has 6 nitrogen and oxygen atoms in total. The van der Waals surface area contributed by atoms with Crippen molar-refractivity contribution in [3.63, 3.8) is 0 Å². The van der Waals surface area contributed by atoms with Gasteiger partial charge in [0.25, 0.3) is 5.91 Å². The third-order valence-electron chi connectivity index (χ3n) is 3.18.